The molecule has 0 spiro atoms. The first kappa shape index (κ1) is 27.6. The summed E-state index contributed by atoms with van der Waals surface area (Å²) in [7, 11) is -2.51. The van der Waals surface area contributed by atoms with Gasteiger partial charge in [-0.25, -0.2) is 8.42 Å². The van der Waals surface area contributed by atoms with Crippen molar-refractivity contribution in [3.05, 3.63) is 71.8 Å². The fourth-order valence-corrected chi connectivity index (χ4v) is 6.14. The van der Waals surface area contributed by atoms with Crippen molar-refractivity contribution in [1.82, 2.24) is 5.32 Å². The van der Waals surface area contributed by atoms with Crippen molar-refractivity contribution in [2.75, 3.05) is 31.2 Å². The summed E-state index contributed by atoms with van der Waals surface area (Å²) in [5.74, 6) is 1.72. The Kier molecular flexibility index (Phi) is 7.31. The van der Waals surface area contributed by atoms with Crippen molar-refractivity contribution < 1.29 is 32.2 Å². The number of methoxy groups -OCH3 is 1. The number of nitrogens with zero attached hydrogens (tertiary/aromatic N) is 1. The predicted octanol–water partition coefficient (Wildman–Crippen LogP) is 4.60. The molecule has 9 nitrogen and oxygen atoms in total. The summed E-state index contributed by atoms with van der Waals surface area (Å²) in [4.78, 5) is 13.6. The molecular formula is C30H34N2O7S. The minimum atomic E-state index is -4.03. The van der Waals surface area contributed by atoms with E-state index in [0.717, 1.165) is 11.1 Å². The quantitative estimate of drug-likeness (QED) is 0.465. The van der Waals surface area contributed by atoms with Gasteiger partial charge in [0.2, 0.25) is 0 Å². The SMILES string of the molecule is COc1ccc(S(=O)(=O)N2CC(C(=O)NC(C)c3ccc4c(c3)OCCO4)Oc3ccc(C(C)(C)C)cc32)cc1. The standard InChI is InChI=1S/C30H34N2O7S/c1-19(20-6-12-26-27(16-20)38-15-14-37-26)31-29(33)28-18-32(40(34,35)23-10-8-22(36-5)9-11-23)24-17-21(30(2,3)4)7-13-25(24)39-28/h6-13,16-17,19,28H,14-15,18H2,1-5H3,(H,31,33). The number of carbonyl (C=O) groups is 1. The number of sulfonamides is 1. The molecule has 0 saturated heterocycles. The van der Waals surface area contributed by atoms with Gasteiger partial charge in [-0.05, 0) is 72.0 Å². The van der Waals surface area contributed by atoms with Gasteiger partial charge < -0.3 is 24.3 Å². The van der Waals surface area contributed by atoms with E-state index in [9.17, 15) is 13.2 Å². The first-order valence-corrected chi connectivity index (χ1v) is 14.6. The second kappa shape index (κ2) is 10.6. The zero-order chi connectivity index (χ0) is 28.7. The third-order valence-corrected chi connectivity index (χ3v) is 8.85. The maximum Gasteiger partial charge on any atom is 0.264 e. The molecule has 0 fully saturated rings. The monoisotopic (exact) mass is 566 g/mol. The predicted molar refractivity (Wildman–Crippen MR) is 151 cm³/mol. The average Bonchev–Trinajstić information content (AvgIpc) is 2.95. The number of fused-ring (bicyclic) bond motifs is 2. The number of benzene rings is 3. The van der Waals surface area contributed by atoms with Gasteiger partial charge in [0.05, 0.1) is 30.3 Å². The summed E-state index contributed by atoms with van der Waals surface area (Å²) in [6.45, 7) is 8.77. The van der Waals surface area contributed by atoms with E-state index in [1.165, 1.54) is 23.5 Å². The lowest BCUT2D eigenvalue weighted by Gasteiger charge is -2.36. The van der Waals surface area contributed by atoms with Crippen molar-refractivity contribution in [1.29, 1.82) is 0 Å². The van der Waals surface area contributed by atoms with Gasteiger partial charge in [-0.2, -0.15) is 0 Å². The Morgan fingerprint density at radius 1 is 0.975 bits per heavy atom. The number of amides is 1. The number of hydrogen-bond donors (Lipinski definition) is 1. The van der Waals surface area contributed by atoms with Crippen LogP contribution in [0, 0.1) is 0 Å². The summed E-state index contributed by atoms with van der Waals surface area (Å²) in [6.07, 6.45) is -1.07. The number of nitrogens with one attached hydrogen (secondary N) is 1. The van der Waals surface area contributed by atoms with Gasteiger partial charge in [-0.15, -0.1) is 0 Å². The van der Waals surface area contributed by atoms with E-state index >= 15 is 0 Å². The van der Waals surface area contributed by atoms with Crippen LogP contribution in [0.2, 0.25) is 0 Å². The minimum Gasteiger partial charge on any atom is -0.497 e. The highest BCUT2D eigenvalue weighted by Crippen LogP contribution is 2.40. The Hall–Kier alpha value is -3.92. The van der Waals surface area contributed by atoms with Crippen molar-refractivity contribution >= 4 is 21.6 Å². The van der Waals surface area contributed by atoms with Crippen LogP contribution in [-0.4, -0.2) is 47.3 Å². The minimum absolute atomic E-state index is 0.0890. The van der Waals surface area contributed by atoms with Crippen LogP contribution in [0.4, 0.5) is 5.69 Å². The molecule has 1 amide bonds. The van der Waals surface area contributed by atoms with E-state index in [1.54, 1.807) is 18.2 Å². The first-order chi connectivity index (χ1) is 19.0. The summed E-state index contributed by atoms with van der Waals surface area (Å²) in [5.41, 5.74) is 1.94. The number of rotatable bonds is 6. The maximum absolute atomic E-state index is 13.9. The van der Waals surface area contributed by atoms with Gasteiger partial charge in [0.1, 0.15) is 24.7 Å². The molecule has 5 rings (SSSR count). The molecule has 2 atom stereocenters. The van der Waals surface area contributed by atoms with Crippen molar-refractivity contribution in [2.45, 2.75) is 50.2 Å². The van der Waals surface area contributed by atoms with E-state index in [0.29, 0.717) is 41.9 Å². The summed E-state index contributed by atoms with van der Waals surface area (Å²) < 4.78 is 51.7. The molecule has 0 saturated carbocycles. The van der Waals surface area contributed by atoms with Crippen LogP contribution in [0.5, 0.6) is 23.0 Å². The zero-order valence-electron chi connectivity index (χ0n) is 23.3. The van der Waals surface area contributed by atoms with Gasteiger partial charge in [0.15, 0.2) is 17.6 Å². The van der Waals surface area contributed by atoms with Gasteiger partial charge in [0, 0.05) is 0 Å². The first-order valence-electron chi connectivity index (χ1n) is 13.2. The highest BCUT2D eigenvalue weighted by atomic mass is 32.2. The molecule has 0 aromatic heterocycles. The van der Waals surface area contributed by atoms with Crippen LogP contribution in [0.15, 0.2) is 65.6 Å². The molecule has 0 radical (unpaired) electrons. The molecule has 40 heavy (non-hydrogen) atoms. The lowest BCUT2D eigenvalue weighted by Crippen LogP contribution is -2.51. The van der Waals surface area contributed by atoms with Crippen molar-refractivity contribution in [3.63, 3.8) is 0 Å². The van der Waals surface area contributed by atoms with Crippen molar-refractivity contribution in [3.8, 4) is 23.0 Å². The number of carbonyl (C=O) groups excluding carboxylic acids is 1. The fraction of sp³-hybridized carbons (Fsp3) is 0.367. The van der Waals surface area contributed by atoms with E-state index < -0.39 is 22.0 Å². The summed E-state index contributed by atoms with van der Waals surface area (Å²) in [6, 6.07) is 16.8. The lowest BCUT2D eigenvalue weighted by molar-refractivity contribution is -0.128. The van der Waals surface area contributed by atoms with Crippen LogP contribution in [0.25, 0.3) is 0 Å². The molecule has 2 heterocycles. The van der Waals surface area contributed by atoms with Crippen LogP contribution in [0.3, 0.4) is 0 Å². The molecule has 2 aliphatic rings. The Labute approximate surface area is 235 Å². The molecule has 1 N–H and O–H groups in total. The van der Waals surface area contributed by atoms with Crippen LogP contribution in [-0.2, 0) is 20.2 Å². The molecule has 212 valence electrons. The number of ether oxygens (including phenoxy) is 4. The van der Waals surface area contributed by atoms with Crippen molar-refractivity contribution in [2.24, 2.45) is 0 Å². The normalized spacial score (nSPS) is 17.3. The molecule has 3 aromatic rings. The third kappa shape index (κ3) is 5.40. The highest BCUT2D eigenvalue weighted by Gasteiger charge is 2.38. The molecule has 10 heteroatoms. The van der Waals surface area contributed by atoms with Crippen LogP contribution >= 0.6 is 0 Å². The maximum atomic E-state index is 13.9. The Balaban J connectivity index is 1.45. The molecule has 0 aliphatic carbocycles. The second-order valence-electron chi connectivity index (χ2n) is 10.9. The average molecular weight is 567 g/mol. The summed E-state index contributed by atoms with van der Waals surface area (Å²) >= 11 is 0. The van der Waals surface area contributed by atoms with Gasteiger partial charge in [-0.3, -0.25) is 9.10 Å². The van der Waals surface area contributed by atoms with E-state index in [-0.39, 0.29) is 22.9 Å². The molecule has 2 aliphatic heterocycles. The van der Waals surface area contributed by atoms with Gasteiger partial charge in [0.25, 0.3) is 15.9 Å². The largest absolute Gasteiger partial charge is 0.497 e. The number of anilines is 1. The van der Waals surface area contributed by atoms with Gasteiger partial charge in [-0.1, -0.05) is 32.9 Å². The number of hydrogen-bond acceptors (Lipinski definition) is 7. The molecule has 2 unspecified atom stereocenters. The Morgan fingerprint density at radius 3 is 2.33 bits per heavy atom. The molecule has 0 bridgehead atoms. The fourth-order valence-electron chi connectivity index (χ4n) is 4.68. The van der Waals surface area contributed by atoms with E-state index in [4.69, 9.17) is 18.9 Å². The van der Waals surface area contributed by atoms with E-state index in [1.807, 2.05) is 37.3 Å². The smallest absolute Gasteiger partial charge is 0.264 e. The summed E-state index contributed by atoms with van der Waals surface area (Å²) in [5, 5.41) is 2.97. The van der Waals surface area contributed by atoms with Gasteiger partial charge >= 0.3 is 0 Å². The Morgan fingerprint density at radius 2 is 1.65 bits per heavy atom. The lowest BCUT2D eigenvalue weighted by atomic mass is 9.86. The highest BCUT2D eigenvalue weighted by molar-refractivity contribution is 7.92. The zero-order valence-corrected chi connectivity index (χ0v) is 24.1. The Bertz CT molecular complexity index is 1510. The molecule has 3 aromatic carbocycles. The third-order valence-electron chi connectivity index (χ3n) is 7.06. The topological polar surface area (TPSA) is 103 Å². The van der Waals surface area contributed by atoms with E-state index in [2.05, 4.69) is 26.1 Å². The van der Waals surface area contributed by atoms with Crippen LogP contribution < -0.4 is 28.6 Å². The van der Waals surface area contributed by atoms with Crippen LogP contribution in [0.1, 0.15) is 44.9 Å². The second-order valence-corrected chi connectivity index (χ2v) is 12.7. The molecular weight excluding hydrogens is 532 g/mol.